The summed E-state index contributed by atoms with van der Waals surface area (Å²) in [4.78, 5) is 26.7. The van der Waals surface area contributed by atoms with Crippen molar-refractivity contribution in [3.05, 3.63) is 60.2 Å². The number of ether oxygens (including phenoxy) is 6. The van der Waals surface area contributed by atoms with Gasteiger partial charge in [-0.1, -0.05) is 77.1 Å². The molecule has 10 rings (SSSR count). The van der Waals surface area contributed by atoms with Crippen molar-refractivity contribution in [2.24, 2.45) is 47.3 Å². The highest BCUT2D eigenvalue weighted by molar-refractivity contribution is 5.82. The maximum Gasteiger partial charge on any atom is 0.331 e. The number of rotatable bonds is 4. The van der Waals surface area contributed by atoms with Gasteiger partial charge in [-0.05, 0) is 69.3 Å². The van der Waals surface area contributed by atoms with Gasteiger partial charge in [-0.25, -0.2) is 4.79 Å². The largest absolute Gasteiger partial charge is 0.458 e. The van der Waals surface area contributed by atoms with E-state index in [0.29, 0.717) is 18.4 Å². The van der Waals surface area contributed by atoms with Crippen molar-refractivity contribution in [2.75, 3.05) is 0 Å². The van der Waals surface area contributed by atoms with Crippen molar-refractivity contribution in [1.29, 1.82) is 0 Å². The normalized spacial score (nSPS) is 55.1. The standard InChI is InChI=1S/C44H58O12/c1-22(2)19-32(46)51-29-15-11-12-16-31(45)52-34-23(3)20-30-41(34,49)38(47)40(7)36(53-40)33-37-43(50,39(6,48)21-26-17-18-28(29)24(26)4)35-25(5)42(30,33)56-44(54-35,55-37)27-13-9-8-10-14-27/h8-16,22-26,28-30,33-38,47-50H,17-21H2,1-7H3/b15-11-,16-12-/t23-,24-,25+,26+,28-,29-,30+,33-,34-,35-,36?,37+,38+,39+,40-,41+,42-,43-,44-/m0/s1. The van der Waals surface area contributed by atoms with Gasteiger partial charge in [0.25, 0.3) is 0 Å². The van der Waals surface area contributed by atoms with Gasteiger partial charge in [-0.2, -0.15) is 0 Å². The molecule has 9 aliphatic rings. The fourth-order valence-electron chi connectivity index (χ4n) is 13.0. The predicted molar refractivity (Wildman–Crippen MR) is 199 cm³/mol. The van der Waals surface area contributed by atoms with Crippen molar-refractivity contribution >= 4 is 11.9 Å². The number of hydrogen-bond acceptors (Lipinski definition) is 12. The molecule has 1 aromatic carbocycles. The lowest BCUT2D eigenvalue weighted by Crippen LogP contribution is -2.89. The second-order valence-electron chi connectivity index (χ2n) is 19.4. The van der Waals surface area contributed by atoms with E-state index < -0.39 is 100 Å². The number of esters is 2. The summed E-state index contributed by atoms with van der Waals surface area (Å²) in [6.45, 7) is 13.2. The van der Waals surface area contributed by atoms with Gasteiger partial charge in [-0.3, -0.25) is 4.79 Å². The van der Waals surface area contributed by atoms with Crippen LogP contribution < -0.4 is 0 Å². The van der Waals surface area contributed by atoms with Gasteiger partial charge in [0.1, 0.15) is 47.3 Å². The van der Waals surface area contributed by atoms with Gasteiger partial charge < -0.3 is 48.8 Å². The van der Waals surface area contributed by atoms with Gasteiger partial charge in [0.15, 0.2) is 0 Å². The van der Waals surface area contributed by atoms with E-state index in [9.17, 15) is 30.0 Å². The maximum atomic E-state index is 13.7. The molecule has 0 amide bonds. The number of aliphatic hydroxyl groups excluding tert-OH is 1. The molecule has 1 aromatic rings. The summed E-state index contributed by atoms with van der Waals surface area (Å²) in [5.74, 6) is -5.65. The lowest BCUT2D eigenvalue weighted by atomic mass is 9.49. The average molecular weight is 779 g/mol. The van der Waals surface area contributed by atoms with Crippen molar-refractivity contribution in [2.45, 2.75) is 151 Å². The molecule has 12 nitrogen and oxygen atoms in total. The van der Waals surface area contributed by atoms with Crippen LogP contribution in [0.15, 0.2) is 54.6 Å². The Labute approximate surface area is 328 Å². The molecule has 5 aliphatic heterocycles. The minimum atomic E-state index is -2.05. The van der Waals surface area contributed by atoms with Gasteiger partial charge in [-0.15, -0.1) is 0 Å². The average Bonchev–Trinajstić information content (AvgIpc) is 3.61. The molecule has 4 saturated heterocycles. The molecule has 0 radical (unpaired) electrons. The Hall–Kier alpha value is -2.68. The summed E-state index contributed by atoms with van der Waals surface area (Å²) in [7, 11) is 0. The molecule has 4 saturated carbocycles. The molecule has 1 unspecified atom stereocenters. The monoisotopic (exact) mass is 778 g/mol. The van der Waals surface area contributed by atoms with Crippen molar-refractivity contribution < 1.29 is 58.4 Å². The Kier molecular flexibility index (Phi) is 8.78. The first-order chi connectivity index (χ1) is 26.3. The Morgan fingerprint density at radius 2 is 1.66 bits per heavy atom. The zero-order valence-electron chi connectivity index (χ0n) is 33.4. The van der Waals surface area contributed by atoms with Gasteiger partial charge in [0, 0.05) is 41.7 Å². The summed E-state index contributed by atoms with van der Waals surface area (Å²) in [6.07, 6.45) is 2.26. The number of aliphatic hydroxyl groups is 4. The number of hydrogen-bond donors (Lipinski definition) is 4. The predicted octanol–water partition coefficient (Wildman–Crippen LogP) is 4.07. The third-order valence-electron chi connectivity index (χ3n) is 15.7. The highest BCUT2D eigenvalue weighted by Crippen LogP contribution is 2.75. The van der Waals surface area contributed by atoms with E-state index in [1.165, 1.54) is 6.08 Å². The molecule has 19 atom stereocenters. The summed E-state index contributed by atoms with van der Waals surface area (Å²) in [5, 5.41) is 52.1. The summed E-state index contributed by atoms with van der Waals surface area (Å²) < 4.78 is 39.8. The highest BCUT2D eigenvalue weighted by Gasteiger charge is 2.90. The van der Waals surface area contributed by atoms with Crippen LogP contribution in [0.25, 0.3) is 0 Å². The third-order valence-corrected chi connectivity index (χ3v) is 15.7. The first-order valence-corrected chi connectivity index (χ1v) is 20.7. The molecular weight excluding hydrogens is 720 g/mol. The topological polar surface area (TPSA) is 174 Å². The van der Waals surface area contributed by atoms with Crippen LogP contribution in [0.5, 0.6) is 0 Å². The van der Waals surface area contributed by atoms with E-state index in [-0.39, 0.29) is 42.5 Å². The number of carbonyl (C=O) groups is 2. The summed E-state index contributed by atoms with van der Waals surface area (Å²) >= 11 is 0. The van der Waals surface area contributed by atoms with Crippen LogP contribution in [-0.2, 0) is 44.0 Å². The molecule has 8 fully saturated rings. The first-order valence-electron chi connectivity index (χ1n) is 20.7. The lowest BCUT2D eigenvalue weighted by molar-refractivity contribution is -0.595. The van der Waals surface area contributed by atoms with Gasteiger partial charge in [0.05, 0.1) is 17.3 Å². The zero-order valence-corrected chi connectivity index (χ0v) is 33.4. The molecule has 10 bridgehead atoms. The Morgan fingerprint density at radius 3 is 2.38 bits per heavy atom. The van der Waals surface area contributed by atoms with E-state index in [4.69, 9.17) is 28.4 Å². The van der Waals surface area contributed by atoms with Crippen molar-refractivity contribution in [3.63, 3.8) is 0 Å². The summed E-state index contributed by atoms with van der Waals surface area (Å²) in [6, 6.07) is 9.19. The van der Waals surface area contributed by atoms with Crippen LogP contribution >= 0.6 is 0 Å². The number of fused-ring (bicyclic) bond motifs is 3. The van der Waals surface area contributed by atoms with Gasteiger partial charge in [0.2, 0.25) is 0 Å². The minimum absolute atomic E-state index is 0.0284. The van der Waals surface area contributed by atoms with Crippen LogP contribution in [0.4, 0.5) is 0 Å². The molecule has 5 heterocycles. The molecule has 0 aromatic heterocycles. The smallest absolute Gasteiger partial charge is 0.331 e. The first kappa shape index (κ1) is 38.8. The zero-order chi connectivity index (χ0) is 40.0. The Bertz CT molecular complexity index is 1810. The number of allylic oxidation sites excluding steroid dienone is 2. The SMILES string of the molecule is CC(C)CC(=O)O[C@H]1/C=C\C=C/C(=O)O[C@H]2[C@@H](C)C[C@@H]3[C@]2(O)[C@H](O)[C@@]2(C)OC2[C@H]2[C@H]4O[C@]5(c6ccccc6)O[C@@H]([C@@H](C)[C@]32O5)[C@@]4(O)[C@](C)(O)C[C@H]2CC[C@H]1[C@H]2C. The van der Waals surface area contributed by atoms with Crippen LogP contribution in [-0.4, -0.2) is 97.0 Å². The molecular formula is C44H58O12. The summed E-state index contributed by atoms with van der Waals surface area (Å²) in [5.41, 5.74) is -7.95. The van der Waals surface area contributed by atoms with Crippen LogP contribution in [0.1, 0.15) is 86.1 Å². The number of epoxide rings is 1. The van der Waals surface area contributed by atoms with Crippen LogP contribution in [0.3, 0.4) is 0 Å². The fourth-order valence-corrected chi connectivity index (χ4v) is 13.0. The van der Waals surface area contributed by atoms with Crippen LogP contribution in [0.2, 0.25) is 0 Å². The van der Waals surface area contributed by atoms with Crippen LogP contribution in [0, 0.1) is 47.3 Å². The molecule has 1 spiro atoms. The Morgan fingerprint density at radius 1 is 0.946 bits per heavy atom. The lowest BCUT2D eigenvalue weighted by Gasteiger charge is -2.74. The van der Waals surface area contributed by atoms with Crippen molar-refractivity contribution in [1.82, 2.24) is 0 Å². The molecule has 4 aliphatic carbocycles. The second kappa shape index (κ2) is 12.7. The highest BCUT2D eigenvalue weighted by atomic mass is 16.9. The van der Waals surface area contributed by atoms with E-state index in [1.54, 1.807) is 32.1 Å². The quantitative estimate of drug-likeness (QED) is 0.256. The minimum Gasteiger partial charge on any atom is -0.458 e. The Balaban J connectivity index is 1.21. The second-order valence-corrected chi connectivity index (χ2v) is 19.4. The van der Waals surface area contributed by atoms with E-state index in [2.05, 4.69) is 6.92 Å². The molecule has 306 valence electrons. The molecule has 12 heteroatoms. The molecule has 4 N–H and O–H groups in total. The fraction of sp³-hybridized carbons (Fsp3) is 0.727. The molecule has 56 heavy (non-hydrogen) atoms. The van der Waals surface area contributed by atoms with Crippen molar-refractivity contribution in [3.8, 4) is 0 Å². The van der Waals surface area contributed by atoms with E-state index in [0.717, 1.165) is 6.42 Å². The number of carbonyl (C=O) groups excluding carboxylic acids is 2. The van der Waals surface area contributed by atoms with Gasteiger partial charge >= 0.3 is 17.9 Å². The van der Waals surface area contributed by atoms with E-state index in [1.807, 2.05) is 58.0 Å². The maximum absolute atomic E-state index is 13.7. The third kappa shape index (κ3) is 5.06. The number of benzene rings is 1. The van der Waals surface area contributed by atoms with E-state index >= 15 is 0 Å².